The van der Waals surface area contributed by atoms with Crippen molar-refractivity contribution in [3.05, 3.63) is 60.2 Å². The Hall–Kier alpha value is -2.42. The lowest BCUT2D eigenvalue weighted by Gasteiger charge is -2.36. The van der Waals surface area contributed by atoms with E-state index in [1.54, 1.807) is 12.1 Å². The lowest BCUT2D eigenvalue weighted by Crippen LogP contribution is -2.52. The number of esters is 1. The van der Waals surface area contributed by atoms with Crippen molar-refractivity contribution in [1.82, 2.24) is 4.31 Å². The summed E-state index contributed by atoms with van der Waals surface area (Å²) in [7, 11) is -2.65. The summed E-state index contributed by atoms with van der Waals surface area (Å²) in [5.41, 5.74) is 0.749. The van der Waals surface area contributed by atoms with E-state index in [0.717, 1.165) is 22.7 Å². The molecule has 168 valence electrons. The molecule has 1 saturated carbocycles. The Morgan fingerprint density at radius 1 is 1.06 bits per heavy atom. The first-order valence-corrected chi connectivity index (χ1v) is 11.8. The molecule has 2 aromatic rings. The van der Waals surface area contributed by atoms with Crippen LogP contribution in [0.5, 0.6) is 5.75 Å². The highest BCUT2D eigenvalue weighted by molar-refractivity contribution is 7.89. The van der Waals surface area contributed by atoms with Gasteiger partial charge in [-0.15, -0.1) is 0 Å². The molecule has 0 aliphatic heterocycles. The van der Waals surface area contributed by atoms with Crippen LogP contribution in [0.1, 0.15) is 38.2 Å². The number of methoxy groups -OCH3 is 1. The molecule has 0 amide bonds. The number of sulfonamides is 1. The van der Waals surface area contributed by atoms with Crippen LogP contribution in [0.2, 0.25) is 0 Å². The summed E-state index contributed by atoms with van der Waals surface area (Å²) in [6.45, 7) is 2.07. The summed E-state index contributed by atoms with van der Waals surface area (Å²) in [6.07, 6.45) is 0.865. The Morgan fingerprint density at radius 2 is 1.68 bits per heavy atom. The van der Waals surface area contributed by atoms with Crippen molar-refractivity contribution >= 4 is 16.0 Å². The molecule has 1 fully saturated rings. The zero-order valence-electron chi connectivity index (χ0n) is 17.8. The predicted molar refractivity (Wildman–Crippen MR) is 116 cm³/mol. The molecular weight excluding hydrogens is 418 g/mol. The van der Waals surface area contributed by atoms with Crippen LogP contribution in [0.3, 0.4) is 0 Å². The second-order valence-corrected chi connectivity index (χ2v) is 9.73. The van der Waals surface area contributed by atoms with E-state index in [9.17, 15) is 18.3 Å². The van der Waals surface area contributed by atoms with Gasteiger partial charge in [-0.1, -0.05) is 37.3 Å². The Morgan fingerprint density at radius 3 is 2.26 bits per heavy atom. The van der Waals surface area contributed by atoms with Crippen LogP contribution in [0.25, 0.3) is 0 Å². The van der Waals surface area contributed by atoms with Gasteiger partial charge in [0.15, 0.2) is 0 Å². The number of nitrogens with zero attached hydrogens (tertiary/aromatic N) is 1. The molecule has 31 heavy (non-hydrogen) atoms. The van der Waals surface area contributed by atoms with Gasteiger partial charge in [-0.3, -0.25) is 0 Å². The number of carbonyl (C=O) groups is 1. The second kappa shape index (κ2) is 10.3. The summed E-state index contributed by atoms with van der Waals surface area (Å²) in [4.78, 5) is 12.6. The molecule has 0 heterocycles. The summed E-state index contributed by atoms with van der Waals surface area (Å²) in [5.74, 6) is 0.00309. The molecule has 1 aliphatic carbocycles. The maximum absolute atomic E-state index is 13.5. The maximum Gasteiger partial charge on any atom is 0.351 e. The first kappa shape index (κ1) is 23.2. The summed E-state index contributed by atoms with van der Waals surface area (Å²) in [6, 6.07) is 14.4. The van der Waals surface area contributed by atoms with E-state index >= 15 is 0 Å². The Labute approximate surface area is 183 Å². The molecule has 0 radical (unpaired) electrons. The first-order valence-electron chi connectivity index (χ1n) is 10.4. The second-order valence-electron chi connectivity index (χ2n) is 7.89. The van der Waals surface area contributed by atoms with Gasteiger partial charge in [0.05, 0.1) is 12.0 Å². The van der Waals surface area contributed by atoms with Crippen LogP contribution < -0.4 is 4.74 Å². The van der Waals surface area contributed by atoms with Gasteiger partial charge in [0, 0.05) is 6.04 Å². The molecule has 1 atom stereocenters. The van der Waals surface area contributed by atoms with Crippen molar-refractivity contribution in [2.75, 3.05) is 7.11 Å². The number of hydrogen-bond acceptors (Lipinski definition) is 6. The quantitative estimate of drug-likeness (QED) is 0.493. The number of aliphatic hydroxyl groups is 1. The third-order valence-corrected chi connectivity index (χ3v) is 7.58. The number of benzene rings is 2. The topological polar surface area (TPSA) is 93.1 Å². The van der Waals surface area contributed by atoms with Gasteiger partial charge in [0.1, 0.15) is 12.4 Å². The number of carbonyl (C=O) groups excluding carboxylic acids is 1. The minimum Gasteiger partial charge on any atom is -0.497 e. The van der Waals surface area contributed by atoms with Crippen molar-refractivity contribution in [3.8, 4) is 5.75 Å². The van der Waals surface area contributed by atoms with E-state index in [0.29, 0.717) is 24.5 Å². The molecule has 0 aromatic heterocycles. The zero-order valence-corrected chi connectivity index (χ0v) is 18.6. The zero-order chi connectivity index (χ0) is 22.4. The fourth-order valence-electron chi connectivity index (χ4n) is 3.80. The third kappa shape index (κ3) is 5.64. The number of ether oxygens (including phenoxy) is 2. The molecule has 0 bridgehead atoms. The van der Waals surface area contributed by atoms with E-state index in [2.05, 4.69) is 6.92 Å². The van der Waals surface area contributed by atoms with Crippen LogP contribution in [0, 0.1) is 5.92 Å². The molecule has 0 saturated heterocycles. The molecular formula is C23H29NO6S. The number of rotatable bonds is 8. The molecule has 8 heteroatoms. The fourth-order valence-corrected chi connectivity index (χ4v) is 5.48. The number of aliphatic hydroxyl groups excluding tert-OH is 1. The van der Waals surface area contributed by atoms with E-state index in [1.807, 2.05) is 18.2 Å². The molecule has 0 unspecified atom stereocenters. The first-order chi connectivity index (χ1) is 14.8. The average Bonchev–Trinajstić information content (AvgIpc) is 2.79. The predicted octanol–water partition coefficient (Wildman–Crippen LogP) is 3.33. The molecule has 3 rings (SSSR count). The Kier molecular flexibility index (Phi) is 7.69. The smallest absolute Gasteiger partial charge is 0.351 e. The molecule has 2 aromatic carbocycles. The summed E-state index contributed by atoms with van der Waals surface area (Å²) < 4.78 is 38.2. The van der Waals surface area contributed by atoms with E-state index in [-0.39, 0.29) is 11.5 Å². The standard InChI is InChI=1S/C23H29NO6S/c1-17-8-10-19(11-9-17)24(31(27,28)21-14-12-20(29-2)13-15-21)22(25)23(26)30-16-18-6-4-3-5-7-18/h3-7,12-15,17,19,22,25H,8-11,16H2,1-2H3/t17?,19?,22-/m1/s1. The monoisotopic (exact) mass is 447 g/mol. The molecule has 1 aliphatic rings. The van der Waals surface area contributed by atoms with Crippen LogP contribution in [0.15, 0.2) is 59.5 Å². The van der Waals surface area contributed by atoms with Crippen molar-refractivity contribution in [3.63, 3.8) is 0 Å². The van der Waals surface area contributed by atoms with Crippen molar-refractivity contribution in [2.24, 2.45) is 5.92 Å². The van der Waals surface area contributed by atoms with Crippen molar-refractivity contribution < 1.29 is 27.8 Å². The van der Waals surface area contributed by atoms with Crippen LogP contribution in [0.4, 0.5) is 0 Å². The Balaban J connectivity index is 1.85. The molecule has 7 nitrogen and oxygen atoms in total. The van der Waals surface area contributed by atoms with Gasteiger partial charge in [-0.25, -0.2) is 13.2 Å². The molecule has 0 spiro atoms. The fraction of sp³-hybridized carbons (Fsp3) is 0.435. The third-order valence-electron chi connectivity index (χ3n) is 5.66. The normalized spacial score (nSPS) is 20.3. The largest absolute Gasteiger partial charge is 0.497 e. The number of hydrogen-bond donors (Lipinski definition) is 1. The highest BCUT2D eigenvalue weighted by Crippen LogP contribution is 2.32. The van der Waals surface area contributed by atoms with Gasteiger partial charge < -0.3 is 14.6 Å². The highest BCUT2D eigenvalue weighted by atomic mass is 32.2. The lowest BCUT2D eigenvalue weighted by atomic mass is 9.87. The van der Waals surface area contributed by atoms with E-state index < -0.39 is 28.3 Å². The van der Waals surface area contributed by atoms with E-state index in [1.165, 1.54) is 31.4 Å². The van der Waals surface area contributed by atoms with E-state index in [4.69, 9.17) is 9.47 Å². The Bertz CT molecular complexity index is 953. The summed E-state index contributed by atoms with van der Waals surface area (Å²) >= 11 is 0. The van der Waals surface area contributed by atoms with Gasteiger partial charge in [-0.05, 0) is 61.4 Å². The highest BCUT2D eigenvalue weighted by Gasteiger charge is 2.41. The van der Waals surface area contributed by atoms with Gasteiger partial charge >= 0.3 is 5.97 Å². The lowest BCUT2D eigenvalue weighted by molar-refractivity contribution is -0.163. The minimum absolute atomic E-state index is 0.0122. The van der Waals surface area contributed by atoms with Crippen LogP contribution in [-0.4, -0.2) is 43.2 Å². The maximum atomic E-state index is 13.5. The van der Waals surface area contributed by atoms with Gasteiger partial charge in [0.2, 0.25) is 16.3 Å². The van der Waals surface area contributed by atoms with Gasteiger partial charge in [-0.2, -0.15) is 4.31 Å². The van der Waals surface area contributed by atoms with Crippen LogP contribution >= 0.6 is 0 Å². The summed E-state index contributed by atoms with van der Waals surface area (Å²) in [5, 5.41) is 10.8. The SMILES string of the molecule is COc1ccc(S(=O)(=O)N(C2CCC(C)CC2)[C@H](O)C(=O)OCc2ccccc2)cc1. The molecule has 1 N–H and O–H groups in total. The van der Waals surface area contributed by atoms with Crippen molar-refractivity contribution in [1.29, 1.82) is 0 Å². The van der Waals surface area contributed by atoms with Gasteiger partial charge in [0.25, 0.3) is 0 Å². The minimum atomic E-state index is -4.14. The van der Waals surface area contributed by atoms with Crippen LogP contribution in [-0.2, 0) is 26.2 Å². The average molecular weight is 448 g/mol. The van der Waals surface area contributed by atoms with Crippen molar-refractivity contribution in [2.45, 2.75) is 56.4 Å².